The lowest BCUT2D eigenvalue weighted by molar-refractivity contribution is -0.369. The van der Waals surface area contributed by atoms with Gasteiger partial charge in [0.1, 0.15) is 73.2 Å². The molecule has 3 saturated heterocycles. The number of ether oxygens (including phenoxy) is 6. The molecule has 66 heavy (non-hydrogen) atoms. The van der Waals surface area contributed by atoms with Crippen molar-refractivity contribution in [1.82, 2.24) is 0 Å². The van der Waals surface area contributed by atoms with Gasteiger partial charge in [0.15, 0.2) is 12.6 Å². The third-order valence-corrected chi connectivity index (χ3v) is 19.3. The molecule has 0 amide bonds. The van der Waals surface area contributed by atoms with Gasteiger partial charge in [-0.1, -0.05) is 60.1 Å². The SMILES string of the molecule is CC1(C)CC[C@]2(C(=O)O[C@@H]3O[C@H](CO)[C@@H](O)[C@H](O)[C@H]3O)CC[C@]3(C)C(=CC[C@@H]4[C@@]5(C)CC[C@H](O[C@@H]6O[C@H](CO)[C@@H](O)[C@H](O[C@@H]7O[C@H](CO)[C@@H](O)[C@H](O)[C@H]7O)[C@H]6O)C(C)(C)[C@@H]5CC[C@]43C)[C@@H]2C1. The minimum atomic E-state index is -1.79. The van der Waals surface area contributed by atoms with Gasteiger partial charge in [-0.25, -0.2) is 0 Å². The van der Waals surface area contributed by atoms with Gasteiger partial charge in [-0.15, -0.1) is 0 Å². The van der Waals surface area contributed by atoms with E-state index in [1.165, 1.54) is 5.57 Å². The van der Waals surface area contributed by atoms with E-state index < -0.39 is 135 Å². The fraction of sp³-hybridized carbons (Fsp3) is 0.938. The van der Waals surface area contributed by atoms with Gasteiger partial charge in [-0.3, -0.25) is 4.79 Å². The fourth-order valence-corrected chi connectivity index (χ4v) is 15.0. The summed E-state index contributed by atoms with van der Waals surface area (Å²) in [6, 6.07) is 0. The van der Waals surface area contributed by atoms with Crippen LogP contribution in [0.3, 0.4) is 0 Å². The Labute approximate surface area is 387 Å². The zero-order valence-electron chi connectivity index (χ0n) is 39.5. The summed E-state index contributed by atoms with van der Waals surface area (Å²) in [6.45, 7) is 14.1. The second kappa shape index (κ2) is 18.0. The molecule has 11 N–H and O–H groups in total. The molecule has 18 nitrogen and oxygen atoms in total. The highest BCUT2D eigenvalue weighted by Gasteiger charge is 2.70. The monoisotopic (exact) mass is 943 g/mol. The van der Waals surface area contributed by atoms with Crippen molar-refractivity contribution < 1.29 is 89.4 Å². The Hall–Kier alpha value is -1.43. The molecule has 0 unspecified atom stereocenters. The Balaban J connectivity index is 1.02. The molecule has 0 bridgehead atoms. The van der Waals surface area contributed by atoms with E-state index in [1.807, 2.05) is 0 Å². The highest BCUT2D eigenvalue weighted by molar-refractivity contribution is 5.79. The summed E-state index contributed by atoms with van der Waals surface area (Å²) in [5.41, 5.74) is -0.674. The van der Waals surface area contributed by atoms with Crippen LogP contribution in [-0.4, -0.2) is 180 Å². The highest BCUT2D eigenvalue weighted by Crippen LogP contribution is 2.76. The molecule has 378 valence electrons. The molecule has 4 saturated carbocycles. The maximum atomic E-state index is 14.7. The van der Waals surface area contributed by atoms with Crippen molar-refractivity contribution in [1.29, 1.82) is 0 Å². The molecule has 23 atom stereocenters. The van der Waals surface area contributed by atoms with Crippen LogP contribution in [0.5, 0.6) is 0 Å². The molecule has 8 rings (SSSR count). The van der Waals surface area contributed by atoms with Crippen molar-refractivity contribution in [2.75, 3.05) is 19.8 Å². The van der Waals surface area contributed by atoms with Crippen LogP contribution in [0.15, 0.2) is 11.6 Å². The summed E-state index contributed by atoms with van der Waals surface area (Å²) in [5, 5.41) is 116. The molecular weight excluding hydrogens is 865 g/mol. The molecule has 3 aliphatic heterocycles. The summed E-state index contributed by atoms with van der Waals surface area (Å²) in [4.78, 5) is 14.7. The number of allylic oxidation sites excluding steroid dienone is 2. The second-order valence-electron chi connectivity index (χ2n) is 23.5. The third kappa shape index (κ3) is 7.87. The molecule has 18 heteroatoms. The molecule has 3 heterocycles. The Morgan fingerprint density at radius 3 is 1.76 bits per heavy atom. The van der Waals surface area contributed by atoms with Gasteiger partial charge < -0.3 is 84.6 Å². The Bertz CT molecular complexity index is 1790. The third-order valence-electron chi connectivity index (χ3n) is 19.3. The van der Waals surface area contributed by atoms with Gasteiger partial charge in [0.05, 0.1) is 31.3 Å². The first-order chi connectivity index (χ1) is 30.9. The van der Waals surface area contributed by atoms with Crippen LogP contribution in [0.1, 0.15) is 113 Å². The Kier molecular flexibility index (Phi) is 13.9. The van der Waals surface area contributed by atoms with Gasteiger partial charge in [0.25, 0.3) is 0 Å². The lowest BCUT2D eigenvalue weighted by Gasteiger charge is -2.71. The summed E-state index contributed by atoms with van der Waals surface area (Å²) in [5.74, 6) is -0.189. The van der Waals surface area contributed by atoms with Crippen LogP contribution in [0.4, 0.5) is 0 Å². The standard InChI is InChI=1S/C48H78O18/c1-43(2)14-16-48(42(60)66-40-36(58)34(56)31(53)25(20-50)62-40)17-15-46(6)22(23(48)18-43)8-9-28-45(5)12-11-29(44(3,4)27(45)10-13-47(28,46)7)64-41-37(59)38(32(54)26(21-51)63-41)65-39-35(57)33(55)30(52)24(19-49)61-39/h8,23-41,49-59H,9-21H2,1-7H3/t23-,24+,25+,26+,27-,28+,29-,30+,31+,32+,33-,34-,35+,36+,37+,38-,39-,40-,41-,45-,46+,47+,48-/m0/s1. The minimum Gasteiger partial charge on any atom is -0.432 e. The number of hydrogen-bond donors (Lipinski definition) is 11. The zero-order valence-corrected chi connectivity index (χ0v) is 39.5. The van der Waals surface area contributed by atoms with Gasteiger partial charge in [-0.2, -0.15) is 0 Å². The van der Waals surface area contributed by atoms with E-state index in [0.717, 1.165) is 44.9 Å². The second-order valence-corrected chi connectivity index (χ2v) is 23.5. The van der Waals surface area contributed by atoms with E-state index in [0.29, 0.717) is 19.3 Å². The van der Waals surface area contributed by atoms with Crippen LogP contribution >= 0.6 is 0 Å². The van der Waals surface area contributed by atoms with E-state index in [4.69, 9.17) is 28.4 Å². The van der Waals surface area contributed by atoms with Crippen molar-refractivity contribution >= 4 is 5.97 Å². The van der Waals surface area contributed by atoms with Gasteiger partial charge in [0, 0.05) is 0 Å². The fourth-order valence-electron chi connectivity index (χ4n) is 15.0. The van der Waals surface area contributed by atoms with Gasteiger partial charge in [0.2, 0.25) is 6.29 Å². The Morgan fingerprint density at radius 2 is 1.15 bits per heavy atom. The number of aliphatic hydroxyl groups is 11. The highest BCUT2D eigenvalue weighted by atomic mass is 16.7. The summed E-state index contributed by atoms with van der Waals surface area (Å²) < 4.78 is 35.7. The van der Waals surface area contributed by atoms with Crippen molar-refractivity contribution in [3.05, 3.63) is 11.6 Å². The topological polar surface area (TPSA) is 295 Å². The van der Waals surface area contributed by atoms with Gasteiger partial charge in [-0.05, 0) is 109 Å². The molecule has 7 fully saturated rings. The maximum Gasteiger partial charge on any atom is 0.315 e. The first kappa shape index (κ1) is 50.9. The van der Waals surface area contributed by atoms with Crippen molar-refractivity contribution in [2.45, 2.75) is 211 Å². The quantitative estimate of drug-likeness (QED) is 0.0833. The number of esters is 1. The van der Waals surface area contributed by atoms with Gasteiger partial charge >= 0.3 is 5.97 Å². The maximum absolute atomic E-state index is 14.7. The molecule has 0 aromatic heterocycles. The normalized spacial score (nSPS) is 53.3. The van der Waals surface area contributed by atoms with Crippen LogP contribution in [0, 0.1) is 50.2 Å². The van der Waals surface area contributed by atoms with Crippen molar-refractivity contribution in [3.8, 4) is 0 Å². The molecular formula is C48H78O18. The molecule has 0 radical (unpaired) electrons. The summed E-state index contributed by atoms with van der Waals surface area (Å²) in [6.07, 6.45) is -13.7. The number of carbonyl (C=O) groups excluding carboxylic acids is 1. The zero-order chi connectivity index (χ0) is 48.3. The molecule has 0 aromatic carbocycles. The van der Waals surface area contributed by atoms with E-state index >= 15 is 0 Å². The van der Waals surface area contributed by atoms with E-state index in [-0.39, 0.29) is 39.4 Å². The average Bonchev–Trinajstić information content (AvgIpc) is 3.26. The minimum absolute atomic E-state index is 0.0581. The van der Waals surface area contributed by atoms with E-state index in [1.54, 1.807) is 0 Å². The first-order valence-electron chi connectivity index (χ1n) is 24.3. The van der Waals surface area contributed by atoms with E-state index in [9.17, 15) is 61.0 Å². The number of carbonyl (C=O) groups is 1. The Morgan fingerprint density at radius 1 is 0.606 bits per heavy atom. The predicted molar refractivity (Wildman–Crippen MR) is 230 cm³/mol. The molecule has 5 aliphatic carbocycles. The smallest absolute Gasteiger partial charge is 0.315 e. The lowest BCUT2D eigenvalue weighted by Crippen LogP contribution is -2.67. The number of aliphatic hydroxyl groups excluding tert-OH is 11. The average molecular weight is 943 g/mol. The van der Waals surface area contributed by atoms with E-state index in [2.05, 4.69) is 54.5 Å². The number of fused-ring (bicyclic) bond motifs is 7. The van der Waals surface area contributed by atoms with Crippen LogP contribution in [-0.2, 0) is 33.2 Å². The van der Waals surface area contributed by atoms with Crippen molar-refractivity contribution in [3.63, 3.8) is 0 Å². The van der Waals surface area contributed by atoms with Crippen LogP contribution < -0.4 is 0 Å². The molecule has 0 spiro atoms. The predicted octanol–water partition coefficient (Wildman–Crippen LogP) is 0.141. The largest absolute Gasteiger partial charge is 0.432 e. The lowest BCUT2D eigenvalue weighted by atomic mass is 9.33. The summed E-state index contributed by atoms with van der Waals surface area (Å²) in [7, 11) is 0. The van der Waals surface area contributed by atoms with Crippen LogP contribution in [0.2, 0.25) is 0 Å². The summed E-state index contributed by atoms with van der Waals surface area (Å²) >= 11 is 0. The first-order valence-corrected chi connectivity index (χ1v) is 24.3. The van der Waals surface area contributed by atoms with Crippen molar-refractivity contribution in [2.24, 2.45) is 50.2 Å². The number of hydrogen-bond acceptors (Lipinski definition) is 18. The van der Waals surface area contributed by atoms with Crippen LogP contribution in [0.25, 0.3) is 0 Å². The number of rotatable bonds is 9. The molecule has 0 aromatic rings. The molecule has 8 aliphatic rings.